The van der Waals surface area contributed by atoms with Gasteiger partial charge in [0.25, 0.3) is 0 Å². The summed E-state index contributed by atoms with van der Waals surface area (Å²) in [5.41, 5.74) is 5.63. The molecule has 0 aromatic heterocycles. The van der Waals surface area contributed by atoms with Crippen LogP contribution in [0.2, 0.25) is 0 Å². The minimum absolute atomic E-state index is 0.536. The molecule has 3 heteroatoms. The second kappa shape index (κ2) is 5.51. The first kappa shape index (κ1) is 11.9. The van der Waals surface area contributed by atoms with Crippen LogP contribution in [0.1, 0.15) is 46.0 Å². The van der Waals surface area contributed by atoms with Gasteiger partial charge in [0.1, 0.15) is 0 Å². The third-order valence-electron chi connectivity index (χ3n) is 1.65. The van der Waals surface area contributed by atoms with Gasteiger partial charge in [-0.05, 0) is 26.7 Å². The van der Waals surface area contributed by atoms with Crippen LogP contribution in [0.25, 0.3) is 0 Å². The number of hydrogen-bond acceptors (Lipinski definition) is 3. The Morgan fingerprint density at radius 3 is 1.58 bits per heavy atom. The van der Waals surface area contributed by atoms with Crippen LogP contribution in [0.5, 0.6) is 0 Å². The van der Waals surface area contributed by atoms with Crippen LogP contribution in [-0.2, 0) is 0 Å². The van der Waals surface area contributed by atoms with E-state index in [4.69, 9.17) is 15.9 Å². The van der Waals surface area contributed by atoms with Gasteiger partial charge in [-0.25, -0.2) is 0 Å². The second-order valence-corrected chi connectivity index (χ2v) is 3.89. The molecule has 0 saturated heterocycles. The standard InChI is InChI=1S/C6H13N.C3H8O2/c7-6-4-2-1-3-5-6;1-3(2,4)5/h6H,1-5,7H2;4-5H,1-2H3. The Morgan fingerprint density at radius 1 is 1.08 bits per heavy atom. The zero-order valence-electron chi connectivity index (χ0n) is 8.08. The average molecular weight is 175 g/mol. The number of nitrogens with two attached hydrogens (primary N) is 1. The van der Waals surface area contributed by atoms with E-state index in [1.54, 1.807) is 0 Å². The maximum absolute atomic E-state index is 8.08. The zero-order valence-corrected chi connectivity index (χ0v) is 8.08. The van der Waals surface area contributed by atoms with Crippen LogP contribution in [0, 0.1) is 0 Å². The van der Waals surface area contributed by atoms with Gasteiger partial charge in [-0.1, -0.05) is 19.3 Å². The molecule has 0 heterocycles. The minimum Gasteiger partial charge on any atom is -0.366 e. The lowest BCUT2D eigenvalue weighted by atomic mass is 9.97. The monoisotopic (exact) mass is 175 g/mol. The average Bonchev–Trinajstić information content (AvgIpc) is 1.85. The Kier molecular flexibility index (Phi) is 5.46. The van der Waals surface area contributed by atoms with E-state index in [2.05, 4.69) is 0 Å². The topological polar surface area (TPSA) is 66.5 Å². The summed E-state index contributed by atoms with van der Waals surface area (Å²) in [6.45, 7) is 2.60. The molecule has 74 valence electrons. The van der Waals surface area contributed by atoms with E-state index in [0.717, 1.165) is 0 Å². The largest absolute Gasteiger partial charge is 0.366 e. The fourth-order valence-electron chi connectivity index (χ4n) is 1.13. The van der Waals surface area contributed by atoms with E-state index in [1.165, 1.54) is 46.0 Å². The molecule has 0 spiro atoms. The highest BCUT2D eigenvalue weighted by molar-refractivity contribution is 4.66. The van der Waals surface area contributed by atoms with Gasteiger partial charge in [0.15, 0.2) is 5.79 Å². The number of rotatable bonds is 0. The highest BCUT2D eigenvalue weighted by Crippen LogP contribution is 2.14. The van der Waals surface area contributed by atoms with E-state index in [9.17, 15) is 0 Å². The summed E-state index contributed by atoms with van der Waals surface area (Å²) >= 11 is 0. The van der Waals surface area contributed by atoms with E-state index < -0.39 is 5.79 Å². The molecule has 12 heavy (non-hydrogen) atoms. The SMILES string of the molecule is CC(C)(O)O.NC1CCCCC1. The molecule has 0 radical (unpaired) electrons. The molecular formula is C9H21NO2. The van der Waals surface area contributed by atoms with Crippen LogP contribution in [0.4, 0.5) is 0 Å². The quantitative estimate of drug-likeness (QED) is 0.481. The van der Waals surface area contributed by atoms with Crippen LogP contribution < -0.4 is 5.73 Å². The van der Waals surface area contributed by atoms with Gasteiger partial charge in [-0.3, -0.25) is 0 Å². The van der Waals surface area contributed by atoms with Crippen molar-refractivity contribution in [1.82, 2.24) is 0 Å². The van der Waals surface area contributed by atoms with Crippen molar-refractivity contribution in [1.29, 1.82) is 0 Å². The van der Waals surface area contributed by atoms with Crippen molar-refractivity contribution in [3.63, 3.8) is 0 Å². The molecule has 3 nitrogen and oxygen atoms in total. The minimum atomic E-state index is -1.50. The summed E-state index contributed by atoms with van der Waals surface area (Å²) in [5, 5.41) is 16.2. The fourth-order valence-corrected chi connectivity index (χ4v) is 1.13. The molecule has 1 fully saturated rings. The van der Waals surface area contributed by atoms with Crippen molar-refractivity contribution in [3.05, 3.63) is 0 Å². The first-order chi connectivity index (χ1) is 5.39. The van der Waals surface area contributed by atoms with Crippen LogP contribution in [-0.4, -0.2) is 22.0 Å². The molecular weight excluding hydrogens is 154 g/mol. The smallest absolute Gasteiger partial charge is 0.156 e. The van der Waals surface area contributed by atoms with Gasteiger partial charge in [0.05, 0.1) is 0 Å². The summed E-state index contributed by atoms with van der Waals surface area (Å²) in [6, 6.07) is 0.536. The maximum atomic E-state index is 8.08. The van der Waals surface area contributed by atoms with Crippen molar-refractivity contribution in [2.45, 2.75) is 57.8 Å². The van der Waals surface area contributed by atoms with Crippen molar-refractivity contribution in [2.24, 2.45) is 5.73 Å². The third kappa shape index (κ3) is 12.5. The molecule has 0 atom stereocenters. The molecule has 0 aromatic carbocycles. The van der Waals surface area contributed by atoms with E-state index in [-0.39, 0.29) is 0 Å². The van der Waals surface area contributed by atoms with Crippen LogP contribution in [0.15, 0.2) is 0 Å². The van der Waals surface area contributed by atoms with Crippen molar-refractivity contribution < 1.29 is 10.2 Å². The lowest BCUT2D eigenvalue weighted by Crippen LogP contribution is -2.22. The molecule has 0 aliphatic heterocycles. The Hall–Kier alpha value is -0.120. The fraction of sp³-hybridized carbons (Fsp3) is 1.00. The first-order valence-electron chi connectivity index (χ1n) is 4.60. The van der Waals surface area contributed by atoms with Crippen LogP contribution in [0.3, 0.4) is 0 Å². The van der Waals surface area contributed by atoms with E-state index >= 15 is 0 Å². The molecule has 4 N–H and O–H groups in total. The van der Waals surface area contributed by atoms with Gasteiger partial charge < -0.3 is 15.9 Å². The summed E-state index contributed by atoms with van der Waals surface area (Å²) in [5.74, 6) is -1.50. The zero-order chi connectivity index (χ0) is 9.61. The summed E-state index contributed by atoms with van der Waals surface area (Å²) < 4.78 is 0. The van der Waals surface area contributed by atoms with Crippen LogP contribution >= 0.6 is 0 Å². The van der Waals surface area contributed by atoms with Crippen molar-refractivity contribution in [3.8, 4) is 0 Å². The summed E-state index contributed by atoms with van der Waals surface area (Å²) in [7, 11) is 0. The summed E-state index contributed by atoms with van der Waals surface area (Å²) in [6.07, 6.45) is 6.66. The lowest BCUT2D eigenvalue weighted by Gasteiger charge is -2.15. The van der Waals surface area contributed by atoms with E-state index in [0.29, 0.717) is 6.04 Å². The second-order valence-electron chi connectivity index (χ2n) is 3.89. The van der Waals surface area contributed by atoms with Crippen molar-refractivity contribution >= 4 is 0 Å². The molecule has 1 saturated carbocycles. The predicted molar refractivity (Wildman–Crippen MR) is 49.6 cm³/mol. The molecule has 1 rings (SSSR count). The van der Waals surface area contributed by atoms with Gasteiger partial charge in [0.2, 0.25) is 0 Å². The third-order valence-corrected chi connectivity index (χ3v) is 1.65. The van der Waals surface area contributed by atoms with E-state index in [1.807, 2.05) is 0 Å². The summed E-state index contributed by atoms with van der Waals surface area (Å²) in [4.78, 5) is 0. The predicted octanol–water partition coefficient (Wildman–Crippen LogP) is 0.985. The maximum Gasteiger partial charge on any atom is 0.156 e. The Balaban J connectivity index is 0.000000217. The molecule has 1 aliphatic rings. The number of aliphatic hydroxyl groups is 2. The van der Waals surface area contributed by atoms with Crippen molar-refractivity contribution in [2.75, 3.05) is 0 Å². The Bertz CT molecular complexity index is 97.6. The van der Waals surface area contributed by atoms with Gasteiger partial charge in [0, 0.05) is 6.04 Å². The molecule has 0 aromatic rings. The molecule has 1 aliphatic carbocycles. The normalized spacial score (nSPS) is 19.8. The lowest BCUT2D eigenvalue weighted by molar-refractivity contribution is -0.127. The Labute approximate surface area is 74.6 Å². The number of hydrogen-bond donors (Lipinski definition) is 3. The first-order valence-corrected chi connectivity index (χ1v) is 4.60. The molecule has 0 unspecified atom stereocenters. The van der Waals surface area contributed by atoms with Gasteiger partial charge in [-0.15, -0.1) is 0 Å². The van der Waals surface area contributed by atoms with Gasteiger partial charge in [-0.2, -0.15) is 0 Å². The van der Waals surface area contributed by atoms with Gasteiger partial charge >= 0.3 is 0 Å². The Morgan fingerprint density at radius 2 is 1.42 bits per heavy atom. The molecule has 0 bridgehead atoms. The highest BCUT2D eigenvalue weighted by atomic mass is 16.5. The highest BCUT2D eigenvalue weighted by Gasteiger charge is 2.06. The molecule has 0 amide bonds.